The first-order valence-corrected chi connectivity index (χ1v) is 6.14. The number of aromatic hydroxyl groups is 1. The van der Waals surface area contributed by atoms with Crippen LogP contribution < -0.4 is 0 Å². The fourth-order valence-electron chi connectivity index (χ4n) is 1.04. The molecule has 0 saturated carbocycles. The first kappa shape index (κ1) is 9.24. The van der Waals surface area contributed by atoms with Crippen molar-refractivity contribution in [1.82, 2.24) is 0 Å². The highest BCUT2D eigenvalue weighted by atomic mass is 79.9. The predicted molar refractivity (Wildman–Crippen MR) is 61.7 cm³/mol. The third-order valence-electron chi connectivity index (χ3n) is 1.69. The van der Waals surface area contributed by atoms with E-state index in [1.807, 2.05) is 6.07 Å². The SMILES string of the molecule is Cc1sc(-c2ccc(O)s2)cc1Br. The van der Waals surface area contributed by atoms with Gasteiger partial charge in [-0.25, -0.2) is 0 Å². The lowest BCUT2D eigenvalue weighted by Gasteiger charge is -1.86. The molecule has 0 fully saturated rings. The lowest BCUT2D eigenvalue weighted by molar-refractivity contribution is 0.491. The van der Waals surface area contributed by atoms with E-state index in [0.717, 1.165) is 9.35 Å². The van der Waals surface area contributed by atoms with Gasteiger partial charge in [0.2, 0.25) is 0 Å². The molecule has 0 aliphatic heterocycles. The largest absolute Gasteiger partial charge is 0.499 e. The Morgan fingerprint density at radius 2 is 2.00 bits per heavy atom. The summed E-state index contributed by atoms with van der Waals surface area (Å²) in [4.78, 5) is 3.59. The topological polar surface area (TPSA) is 20.2 Å². The molecule has 0 atom stereocenters. The zero-order valence-corrected chi connectivity index (χ0v) is 10.1. The highest BCUT2D eigenvalue weighted by Gasteiger charge is 2.07. The van der Waals surface area contributed by atoms with Crippen molar-refractivity contribution in [2.75, 3.05) is 0 Å². The second-order valence-corrected chi connectivity index (χ2v) is 5.83. The fraction of sp³-hybridized carbons (Fsp3) is 0.111. The summed E-state index contributed by atoms with van der Waals surface area (Å²) in [7, 11) is 0. The number of hydrogen-bond donors (Lipinski definition) is 1. The van der Waals surface area contributed by atoms with Crippen LogP contribution in [0, 0.1) is 6.92 Å². The average Bonchev–Trinajstić information content (AvgIpc) is 2.61. The summed E-state index contributed by atoms with van der Waals surface area (Å²) in [5, 5.41) is 9.57. The van der Waals surface area contributed by atoms with Crippen molar-refractivity contribution in [3.8, 4) is 14.8 Å². The molecular formula is C9H7BrOS2. The number of aryl methyl sites for hydroxylation is 1. The van der Waals surface area contributed by atoms with Crippen LogP contribution in [0.4, 0.5) is 0 Å². The Kier molecular flexibility index (Phi) is 2.45. The van der Waals surface area contributed by atoms with Crippen molar-refractivity contribution in [1.29, 1.82) is 0 Å². The predicted octanol–water partition coefficient (Wildman–Crippen LogP) is 4.25. The van der Waals surface area contributed by atoms with Crippen molar-refractivity contribution >= 4 is 38.6 Å². The lowest BCUT2D eigenvalue weighted by Crippen LogP contribution is -1.56. The summed E-state index contributed by atoms with van der Waals surface area (Å²) >= 11 is 6.61. The van der Waals surface area contributed by atoms with Crippen LogP contribution in [0.1, 0.15) is 4.88 Å². The molecule has 2 rings (SSSR count). The van der Waals surface area contributed by atoms with E-state index >= 15 is 0 Å². The Bertz CT molecular complexity index is 411. The van der Waals surface area contributed by atoms with Gasteiger partial charge in [0.15, 0.2) is 5.06 Å². The second kappa shape index (κ2) is 3.44. The van der Waals surface area contributed by atoms with E-state index < -0.39 is 0 Å². The Morgan fingerprint density at radius 3 is 2.46 bits per heavy atom. The highest BCUT2D eigenvalue weighted by Crippen LogP contribution is 2.39. The maximum absolute atomic E-state index is 9.20. The maximum atomic E-state index is 9.20. The molecular weight excluding hydrogens is 268 g/mol. The normalized spacial score (nSPS) is 10.6. The van der Waals surface area contributed by atoms with E-state index in [1.165, 1.54) is 21.1 Å². The molecule has 0 bridgehead atoms. The molecule has 0 aliphatic carbocycles. The molecule has 0 aromatic carbocycles. The van der Waals surface area contributed by atoms with Gasteiger partial charge in [0, 0.05) is 19.1 Å². The summed E-state index contributed by atoms with van der Waals surface area (Å²) < 4.78 is 1.14. The first-order chi connectivity index (χ1) is 6.16. The number of thiophene rings is 2. The summed E-state index contributed by atoms with van der Waals surface area (Å²) in [6, 6.07) is 5.76. The second-order valence-electron chi connectivity index (χ2n) is 2.65. The van der Waals surface area contributed by atoms with Crippen molar-refractivity contribution in [3.05, 3.63) is 27.5 Å². The van der Waals surface area contributed by atoms with Crippen molar-refractivity contribution in [2.24, 2.45) is 0 Å². The number of halogens is 1. The zero-order chi connectivity index (χ0) is 9.42. The van der Waals surface area contributed by atoms with Crippen LogP contribution >= 0.6 is 38.6 Å². The van der Waals surface area contributed by atoms with Gasteiger partial charge in [-0.15, -0.1) is 11.3 Å². The molecule has 13 heavy (non-hydrogen) atoms. The molecule has 0 radical (unpaired) electrons. The first-order valence-electron chi connectivity index (χ1n) is 3.72. The molecule has 1 N–H and O–H groups in total. The van der Waals surface area contributed by atoms with Gasteiger partial charge < -0.3 is 5.11 Å². The van der Waals surface area contributed by atoms with Gasteiger partial charge in [0.1, 0.15) is 0 Å². The highest BCUT2D eigenvalue weighted by molar-refractivity contribution is 9.10. The van der Waals surface area contributed by atoms with Crippen LogP contribution in [-0.2, 0) is 0 Å². The van der Waals surface area contributed by atoms with E-state index in [4.69, 9.17) is 0 Å². The van der Waals surface area contributed by atoms with Crippen LogP contribution in [0.2, 0.25) is 0 Å². The van der Waals surface area contributed by atoms with Crippen LogP contribution in [-0.4, -0.2) is 5.11 Å². The van der Waals surface area contributed by atoms with Gasteiger partial charge >= 0.3 is 0 Å². The van der Waals surface area contributed by atoms with E-state index in [2.05, 4.69) is 28.9 Å². The van der Waals surface area contributed by atoms with Crippen molar-refractivity contribution < 1.29 is 5.11 Å². The minimum atomic E-state index is 0.372. The Labute approximate surface area is 92.8 Å². The quantitative estimate of drug-likeness (QED) is 0.824. The van der Waals surface area contributed by atoms with Crippen LogP contribution in [0.25, 0.3) is 9.75 Å². The Balaban J connectivity index is 2.46. The average molecular weight is 275 g/mol. The monoisotopic (exact) mass is 274 g/mol. The summed E-state index contributed by atoms with van der Waals surface area (Å²) in [6.07, 6.45) is 0. The molecule has 2 aromatic heterocycles. The molecule has 1 nitrogen and oxygen atoms in total. The molecule has 68 valence electrons. The Morgan fingerprint density at radius 1 is 1.23 bits per heavy atom. The van der Waals surface area contributed by atoms with Crippen molar-refractivity contribution in [3.63, 3.8) is 0 Å². The van der Waals surface area contributed by atoms with Crippen LogP contribution in [0.3, 0.4) is 0 Å². The third-order valence-corrected chi connectivity index (χ3v) is 4.91. The van der Waals surface area contributed by atoms with E-state index in [9.17, 15) is 5.11 Å². The van der Waals surface area contributed by atoms with E-state index in [-0.39, 0.29) is 0 Å². The lowest BCUT2D eigenvalue weighted by atomic mass is 10.4. The zero-order valence-electron chi connectivity index (χ0n) is 6.87. The number of hydrogen-bond acceptors (Lipinski definition) is 3. The van der Waals surface area contributed by atoms with Gasteiger partial charge in [0.05, 0.1) is 0 Å². The third kappa shape index (κ3) is 1.80. The molecule has 0 spiro atoms. The molecule has 2 heterocycles. The molecule has 4 heteroatoms. The van der Waals surface area contributed by atoms with Gasteiger partial charge in [-0.3, -0.25) is 0 Å². The minimum absolute atomic E-state index is 0.372. The number of rotatable bonds is 1. The fourth-order valence-corrected chi connectivity index (χ4v) is 3.40. The van der Waals surface area contributed by atoms with Gasteiger partial charge in [-0.2, -0.15) is 0 Å². The van der Waals surface area contributed by atoms with Gasteiger partial charge in [-0.05, 0) is 41.1 Å². The van der Waals surface area contributed by atoms with Gasteiger partial charge in [-0.1, -0.05) is 11.3 Å². The van der Waals surface area contributed by atoms with Crippen LogP contribution in [0.5, 0.6) is 5.06 Å². The van der Waals surface area contributed by atoms with E-state index in [1.54, 1.807) is 17.4 Å². The maximum Gasteiger partial charge on any atom is 0.171 e. The molecule has 0 amide bonds. The van der Waals surface area contributed by atoms with Crippen LogP contribution in [0.15, 0.2) is 22.7 Å². The minimum Gasteiger partial charge on any atom is -0.499 e. The molecule has 0 aliphatic rings. The summed E-state index contributed by atoms with van der Waals surface area (Å²) in [5.74, 6) is 0. The van der Waals surface area contributed by atoms with E-state index in [0.29, 0.717) is 5.06 Å². The van der Waals surface area contributed by atoms with Gasteiger partial charge in [0.25, 0.3) is 0 Å². The summed E-state index contributed by atoms with van der Waals surface area (Å²) in [6.45, 7) is 2.08. The molecule has 0 unspecified atom stereocenters. The summed E-state index contributed by atoms with van der Waals surface area (Å²) in [5.41, 5.74) is 0. The van der Waals surface area contributed by atoms with Crippen molar-refractivity contribution in [2.45, 2.75) is 6.92 Å². The standard InChI is InChI=1S/C9H7BrOS2/c1-5-6(10)4-8(12-5)7-2-3-9(11)13-7/h2-4,11H,1H3. The smallest absolute Gasteiger partial charge is 0.171 e. The Hall–Kier alpha value is -0.320. The molecule has 2 aromatic rings. The molecule has 0 saturated heterocycles.